The molecule has 0 aliphatic carbocycles. The Kier molecular flexibility index (Phi) is 3.82. The zero-order valence-electron chi connectivity index (χ0n) is 12.3. The normalized spacial score (nSPS) is 20.8. The van der Waals surface area contributed by atoms with Crippen LogP contribution in [0.5, 0.6) is 0 Å². The second kappa shape index (κ2) is 5.01. The number of benzene rings is 1. The number of rotatable bonds is 1. The molecule has 0 atom stereocenters. The standard InChI is InChI=1S/C15H20ClFN2O/c1-14(2)9-19(15(3,4)8-18-14)13(20)12-10(16)6-5-7-11(12)17/h5-7,18H,8-9H2,1-4H3. The van der Waals surface area contributed by atoms with Crippen molar-refractivity contribution in [2.75, 3.05) is 13.1 Å². The molecule has 1 saturated heterocycles. The number of hydrogen-bond donors (Lipinski definition) is 1. The average Bonchev–Trinajstić information content (AvgIpc) is 2.32. The van der Waals surface area contributed by atoms with E-state index in [0.29, 0.717) is 13.1 Å². The van der Waals surface area contributed by atoms with Crippen molar-refractivity contribution in [1.29, 1.82) is 0 Å². The van der Waals surface area contributed by atoms with Gasteiger partial charge in [0.2, 0.25) is 0 Å². The predicted octanol–water partition coefficient (Wildman–Crippen LogP) is 3.08. The molecule has 5 heteroatoms. The highest BCUT2D eigenvalue weighted by molar-refractivity contribution is 6.33. The molecule has 0 aromatic heterocycles. The van der Waals surface area contributed by atoms with E-state index in [1.807, 2.05) is 27.7 Å². The second-order valence-electron chi connectivity index (χ2n) is 6.54. The van der Waals surface area contributed by atoms with Gasteiger partial charge in [-0.15, -0.1) is 0 Å². The summed E-state index contributed by atoms with van der Waals surface area (Å²) in [6.07, 6.45) is 0. The predicted molar refractivity (Wildman–Crippen MR) is 78.6 cm³/mol. The summed E-state index contributed by atoms with van der Waals surface area (Å²) in [5, 5.41) is 3.55. The molecule has 0 unspecified atom stereocenters. The average molecular weight is 299 g/mol. The first-order valence-electron chi connectivity index (χ1n) is 6.65. The van der Waals surface area contributed by atoms with Gasteiger partial charge in [-0.05, 0) is 39.8 Å². The Hall–Kier alpha value is -1.13. The first kappa shape index (κ1) is 15.3. The second-order valence-corrected chi connectivity index (χ2v) is 6.95. The van der Waals surface area contributed by atoms with Gasteiger partial charge >= 0.3 is 0 Å². The van der Waals surface area contributed by atoms with Gasteiger partial charge in [0, 0.05) is 18.6 Å². The van der Waals surface area contributed by atoms with Crippen LogP contribution in [0.25, 0.3) is 0 Å². The Morgan fingerprint density at radius 2 is 2.00 bits per heavy atom. The first-order chi connectivity index (χ1) is 9.14. The maximum absolute atomic E-state index is 14.0. The van der Waals surface area contributed by atoms with Crippen LogP contribution < -0.4 is 5.32 Å². The Morgan fingerprint density at radius 1 is 1.35 bits per heavy atom. The molecule has 110 valence electrons. The van der Waals surface area contributed by atoms with E-state index in [1.54, 1.807) is 4.90 Å². The fourth-order valence-electron chi connectivity index (χ4n) is 2.40. The van der Waals surface area contributed by atoms with Gasteiger partial charge in [-0.2, -0.15) is 0 Å². The molecular formula is C15H20ClFN2O. The van der Waals surface area contributed by atoms with Crippen LogP contribution in [0, 0.1) is 5.82 Å². The lowest BCUT2D eigenvalue weighted by Crippen LogP contribution is -2.67. The Bertz CT molecular complexity index is 522. The number of carbonyl (C=O) groups excluding carboxylic acids is 1. The van der Waals surface area contributed by atoms with Gasteiger partial charge in [-0.3, -0.25) is 4.79 Å². The summed E-state index contributed by atoms with van der Waals surface area (Å²) in [5.41, 5.74) is -0.638. The van der Waals surface area contributed by atoms with E-state index < -0.39 is 11.4 Å². The van der Waals surface area contributed by atoms with E-state index in [-0.39, 0.29) is 22.0 Å². The number of halogens is 2. The highest BCUT2D eigenvalue weighted by atomic mass is 35.5. The van der Waals surface area contributed by atoms with E-state index >= 15 is 0 Å². The number of nitrogens with zero attached hydrogens (tertiary/aromatic N) is 1. The van der Waals surface area contributed by atoms with Crippen LogP contribution >= 0.6 is 11.6 Å². The molecule has 3 nitrogen and oxygen atoms in total. The molecule has 1 fully saturated rings. The van der Waals surface area contributed by atoms with E-state index in [0.717, 1.165) is 0 Å². The molecule has 1 aromatic carbocycles. The number of hydrogen-bond acceptors (Lipinski definition) is 2. The quantitative estimate of drug-likeness (QED) is 0.864. The number of carbonyl (C=O) groups is 1. The molecule has 20 heavy (non-hydrogen) atoms. The molecule has 1 aliphatic rings. The van der Waals surface area contributed by atoms with E-state index in [4.69, 9.17) is 11.6 Å². The van der Waals surface area contributed by atoms with Crippen molar-refractivity contribution in [2.24, 2.45) is 0 Å². The van der Waals surface area contributed by atoms with Crippen LogP contribution in [0.4, 0.5) is 4.39 Å². The van der Waals surface area contributed by atoms with Crippen LogP contribution in [0.3, 0.4) is 0 Å². The van der Waals surface area contributed by atoms with E-state index in [1.165, 1.54) is 18.2 Å². The highest BCUT2D eigenvalue weighted by Crippen LogP contribution is 2.28. The molecule has 0 spiro atoms. The fraction of sp³-hybridized carbons (Fsp3) is 0.533. The van der Waals surface area contributed by atoms with E-state index in [9.17, 15) is 9.18 Å². The van der Waals surface area contributed by atoms with Crippen molar-refractivity contribution in [3.05, 3.63) is 34.6 Å². The van der Waals surface area contributed by atoms with Gasteiger partial charge < -0.3 is 10.2 Å². The minimum Gasteiger partial charge on any atom is -0.330 e. The topological polar surface area (TPSA) is 32.3 Å². The van der Waals surface area contributed by atoms with Gasteiger partial charge in [0.25, 0.3) is 5.91 Å². The van der Waals surface area contributed by atoms with Crippen molar-refractivity contribution >= 4 is 17.5 Å². The smallest absolute Gasteiger partial charge is 0.258 e. The van der Waals surface area contributed by atoms with Crippen molar-refractivity contribution < 1.29 is 9.18 Å². The largest absolute Gasteiger partial charge is 0.330 e. The summed E-state index contributed by atoms with van der Waals surface area (Å²) in [6, 6.07) is 4.30. The number of nitrogens with one attached hydrogen (secondary N) is 1. The molecule has 1 amide bonds. The van der Waals surface area contributed by atoms with Crippen LogP contribution in [-0.2, 0) is 0 Å². The molecule has 1 heterocycles. The summed E-state index contributed by atoms with van der Waals surface area (Å²) in [5.74, 6) is -0.928. The zero-order valence-corrected chi connectivity index (χ0v) is 13.0. The molecule has 1 N–H and O–H groups in total. The summed E-state index contributed by atoms with van der Waals surface area (Å²) in [4.78, 5) is 14.4. The van der Waals surface area contributed by atoms with Gasteiger partial charge in [0.15, 0.2) is 0 Å². The SMILES string of the molecule is CC1(C)CN(C(=O)c2c(F)cccc2Cl)C(C)(C)CN1. The summed E-state index contributed by atoms with van der Waals surface area (Å²) >= 11 is 6.00. The van der Waals surface area contributed by atoms with Gasteiger partial charge in [-0.1, -0.05) is 17.7 Å². The van der Waals surface area contributed by atoms with Crippen LogP contribution in [-0.4, -0.2) is 35.0 Å². The molecule has 0 saturated carbocycles. The lowest BCUT2D eigenvalue weighted by Gasteiger charge is -2.49. The van der Waals surface area contributed by atoms with E-state index in [2.05, 4.69) is 5.32 Å². The molecule has 1 aromatic rings. The third-order valence-corrected chi connectivity index (χ3v) is 4.02. The highest BCUT2D eigenvalue weighted by Gasteiger charge is 2.41. The number of amides is 1. The Morgan fingerprint density at radius 3 is 2.60 bits per heavy atom. The van der Waals surface area contributed by atoms with Gasteiger partial charge in [0.1, 0.15) is 5.82 Å². The van der Waals surface area contributed by atoms with Gasteiger partial charge in [-0.25, -0.2) is 4.39 Å². The van der Waals surface area contributed by atoms with Crippen LogP contribution in [0.2, 0.25) is 5.02 Å². The minimum atomic E-state index is -0.574. The van der Waals surface area contributed by atoms with Crippen LogP contribution in [0.15, 0.2) is 18.2 Å². The molecule has 0 radical (unpaired) electrons. The van der Waals surface area contributed by atoms with Crippen LogP contribution in [0.1, 0.15) is 38.1 Å². The first-order valence-corrected chi connectivity index (χ1v) is 7.03. The summed E-state index contributed by atoms with van der Waals surface area (Å²) in [7, 11) is 0. The maximum atomic E-state index is 14.0. The lowest BCUT2D eigenvalue weighted by molar-refractivity contribution is 0.0277. The Labute approximate surface area is 124 Å². The third-order valence-electron chi connectivity index (χ3n) is 3.71. The van der Waals surface area contributed by atoms with Crippen molar-refractivity contribution in [2.45, 2.75) is 38.8 Å². The molecule has 2 rings (SSSR count). The molecule has 1 aliphatic heterocycles. The van der Waals surface area contributed by atoms with Crippen molar-refractivity contribution in [3.63, 3.8) is 0 Å². The minimum absolute atomic E-state index is 0.0417. The fourth-order valence-corrected chi connectivity index (χ4v) is 2.64. The number of piperazine rings is 1. The Balaban J connectivity index is 2.40. The monoisotopic (exact) mass is 298 g/mol. The maximum Gasteiger partial charge on any atom is 0.258 e. The zero-order chi connectivity index (χ0) is 15.1. The van der Waals surface area contributed by atoms with Gasteiger partial charge in [0.05, 0.1) is 16.1 Å². The molecule has 0 bridgehead atoms. The summed E-state index contributed by atoms with van der Waals surface area (Å²) < 4.78 is 14.0. The lowest BCUT2D eigenvalue weighted by atomic mass is 9.90. The van der Waals surface area contributed by atoms with Crippen molar-refractivity contribution in [3.8, 4) is 0 Å². The van der Waals surface area contributed by atoms with Crippen molar-refractivity contribution in [1.82, 2.24) is 10.2 Å². The third kappa shape index (κ3) is 2.81. The summed E-state index contributed by atoms with van der Waals surface area (Å²) in [6.45, 7) is 9.11. The molecular weight excluding hydrogens is 279 g/mol.